The molecule has 28 heavy (non-hydrogen) atoms. The molecule has 1 aromatic heterocycles. The van der Waals surface area contributed by atoms with E-state index in [0.29, 0.717) is 17.1 Å². The minimum atomic E-state index is -0.432. The second kappa shape index (κ2) is 8.32. The molecular formula is C21H27N4O2S+. The van der Waals surface area contributed by atoms with Crippen LogP contribution in [0, 0.1) is 0 Å². The summed E-state index contributed by atoms with van der Waals surface area (Å²) in [4.78, 5) is 29.4. The number of para-hydroxylation sites is 1. The van der Waals surface area contributed by atoms with E-state index in [1.807, 2.05) is 6.07 Å². The summed E-state index contributed by atoms with van der Waals surface area (Å²) in [6.07, 6.45) is 4.07. The molecule has 6 nitrogen and oxygen atoms in total. The van der Waals surface area contributed by atoms with E-state index in [2.05, 4.69) is 34.5 Å². The number of piperazine rings is 1. The fraction of sp³-hybridized carbons (Fsp3) is 0.429. The highest BCUT2D eigenvalue weighted by molar-refractivity contribution is 7.17. The molecular weight excluding hydrogens is 372 g/mol. The van der Waals surface area contributed by atoms with Gasteiger partial charge >= 0.3 is 0 Å². The smallest absolute Gasteiger partial charge is 0.280 e. The third-order valence-electron chi connectivity index (χ3n) is 5.67. The number of fused-ring (bicyclic) bond motifs is 1. The van der Waals surface area contributed by atoms with Crippen molar-refractivity contribution in [2.45, 2.75) is 25.7 Å². The predicted molar refractivity (Wildman–Crippen MR) is 112 cm³/mol. The van der Waals surface area contributed by atoms with Crippen LogP contribution in [0.15, 0.2) is 30.3 Å². The quantitative estimate of drug-likeness (QED) is 0.704. The number of carbonyl (C=O) groups is 2. The van der Waals surface area contributed by atoms with Crippen molar-refractivity contribution in [3.8, 4) is 0 Å². The fourth-order valence-corrected chi connectivity index (χ4v) is 5.52. The minimum Gasteiger partial charge on any atom is -0.365 e. The van der Waals surface area contributed by atoms with Crippen molar-refractivity contribution in [2.24, 2.45) is 5.73 Å². The summed E-state index contributed by atoms with van der Waals surface area (Å²) in [5.74, 6) is -0.470. The second-order valence-electron chi connectivity index (χ2n) is 7.58. The molecule has 2 amide bonds. The zero-order chi connectivity index (χ0) is 19.5. The molecule has 2 heterocycles. The van der Waals surface area contributed by atoms with Crippen molar-refractivity contribution in [2.75, 3.05) is 42.9 Å². The normalized spacial score (nSPS) is 17.2. The van der Waals surface area contributed by atoms with Gasteiger partial charge in [0.1, 0.15) is 5.00 Å². The van der Waals surface area contributed by atoms with Gasteiger partial charge in [-0.1, -0.05) is 18.2 Å². The van der Waals surface area contributed by atoms with E-state index in [-0.39, 0.29) is 5.91 Å². The lowest BCUT2D eigenvalue weighted by atomic mass is 9.95. The lowest BCUT2D eigenvalue weighted by molar-refractivity contribution is -0.892. The number of hydrogen-bond donors (Lipinski definition) is 3. The van der Waals surface area contributed by atoms with Gasteiger partial charge in [-0.15, -0.1) is 11.3 Å². The molecule has 0 spiro atoms. The number of amides is 2. The Morgan fingerprint density at radius 3 is 2.54 bits per heavy atom. The van der Waals surface area contributed by atoms with Gasteiger partial charge in [0.2, 0.25) is 0 Å². The molecule has 4 N–H and O–H groups in total. The molecule has 1 aliphatic heterocycles. The van der Waals surface area contributed by atoms with Gasteiger partial charge in [-0.3, -0.25) is 9.59 Å². The van der Waals surface area contributed by atoms with E-state index in [4.69, 9.17) is 5.73 Å². The van der Waals surface area contributed by atoms with Crippen molar-refractivity contribution in [3.63, 3.8) is 0 Å². The highest BCUT2D eigenvalue weighted by Crippen LogP contribution is 2.37. The maximum Gasteiger partial charge on any atom is 0.280 e. The number of nitrogens with one attached hydrogen (secondary N) is 2. The van der Waals surface area contributed by atoms with Crippen molar-refractivity contribution >= 4 is 33.8 Å². The molecule has 1 aromatic carbocycles. The number of anilines is 2. The standard InChI is InChI=1S/C21H26N4O2S/c22-20(27)19-16-8-4-5-9-17(16)28-21(19)23-18(26)14-24-10-12-25(13-11-24)15-6-2-1-3-7-15/h1-3,6-7H,4-5,8-14H2,(H2,22,27)(H,23,26)/p+1. The second-order valence-corrected chi connectivity index (χ2v) is 8.68. The Labute approximate surface area is 169 Å². The number of nitrogens with two attached hydrogens (primary N) is 1. The Balaban J connectivity index is 1.35. The van der Waals surface area contributed by atoms with Gasteiger partial charge in [-0.25, -0.2) is 0 Å². The van der Waals surface area contributed by atoms with Crippen LogP contribution in [0.2, 0.25) is 0 Å². The van der Waals surface area contributed by atoms with Crippen molar-refractivity contribution in [3.05, 3.63) is 46.3 Å². The highest BCUT2D eigenvalue weighted by atomic mass is 32.1. The van der Waals surface area contributed by atoms with Gasteiger partial charge in [0.25, 0.3) is 11.8 Å². The molecule has 0 saturated carbocycles. The SMILES string of the molecule is NC(=O)c1c(NC(=O)C[NH+]2CCN(c3ccccc3)CC2)sc2c1CCCC2. The first-order valence-corrected chi connectivity index (χ1v) is 10.8. The van der Waals surface area contributed by atoms with Gasteiger partial charge in [0.05, 0.1) is 31.7 Å². The molecule has 2 aromatic rings. The summed E-state index contributed by atoms with van der Waals surface area (Å²) in [5, 5.41) is 3.63. The lowest BCUT2D eigenvalue weighted by Crippen LogP contribution is -3.15. The number of carbonyl (C=O) groups excluding carboxylic acids is 2. The van der Waals surface area contributed by atoms with Crippen LogP contribution in [-0.4, -0.2) is 44.5 Å². The van der Waals surface area contributed by atoms with Crippen molar-refractivity contribution in [1.82, 2.24) is 0 Å². The summed E-state index contributed by atoms with van der Waals surface area (Å²) < 4.78 is 0. The number of nitrogens with zero attached hydrogens (tertiary/aromatic N) is 1. The molecule has 2 aliphatic rings. The number of primary amides is 1. The zero-order valence-corrected chi connectivity index (χ0v) is 16.8. The van der Waals surface area contributed by atoms with Gasteiger partial charge in [0.15, 0.2) is 6.54 Å². The van der Waals surface area contributed by atoms with Gasteiger partial charge in [-0.2, -0.15) is 0 Å². The Kier molecular flexibility index (Phi) is 5.64. The maximum absolute atomic E-state index is 12.6. The molecule has 1 saturated heterocycles. The van der Waals surface area contributed by atoms with Crippen LogP contribution < -0.4 is 20.9 Å². The van der Waals surface area contributed by atoms with E-state index >= 15 is 0 Å². The molecule has 0 atom stereocenters. The Bertz CT molecular complexity index is 857. The third-order valence-corrected chi connectivity index (χ3v) is 6.88. The van der Waals surface area contributed by atoms with Crippen LogP contribution in [0.3, 0.4) is 0 Å². The van der Waals surface area contributed by atoms with Crippen LogP contribution in [-0.2, 0) is 17.6 Å². The number of rotatable bonds is 5. The lowest BCUT2D eigenvalue weighted by Gasteiger charge is -2.33. The van der Waals surface area contributed by atoms with Crippen LogP contribution in [0.4, 0.5) is 10.7 Å². The average molecular weight is 400 g/mol. The first kappa shape index (κ1) is 19.0. The van der Waals surface area contributed by atoms with Crippen LogP contribution in [0.1, 0.15) is 33.6 Å². The molecule has 148 valence electrons. The molecule has 7 heteroatoms. The number of aryl methyl sites for hydroxylation is 1. The Hall–Kier alpha value is -2.38. The van der Waals surface area contributed by atoms with E-state index in [9.17, 15) is 9.59 Å². The predicted octanol–water partition coefficient (Wildman–Crippen LogP) is 1.07. The first-order chi connectivity index (χ1) is 13.6. The van der Waals surface area contributed by atoms with Gasteiger partial charge in [0, 0.05) is 10.6 Å². The third kappa shape index (κ3) is 4.05. The minimum absolute atomic E-state index is 0.0377. The van der Waals surface area contributed by atoms with Crippen molar-refractivity contribution < 1.29 is 14.5 Å². The number of hydrogen-bond acceptors (Lipinski definition) is 4. The van der Waals surface area contributed by atoms with E-state index in [1.165, 1.54) is 26.8 Å². The van der Waals surface area contributed by atoms with Crippen LogP contribution in [0.25, 0.3) is 0 Å². The summed E-state index contributed by atoms with van der Waals surface area (Å²) in [5.41, 5.74) is 8.45. The Morgan fingerprint density at radius 2 is 1.82 bits per heavy atom. The monoisotopic (exact) mass is 399 g/mol. The zero-order valence-electron chi connectivity index (χ0n) is 16.0. The van der Waals surface area contributed by atoms with E-state index < -0.39 is 5.91 Å². The summed E-state index contributed by atoms with van der Waals surface area (Å²) in [6, 6.07) is 10.4. The molecule has 0 bridgehead atoms. The Morgan fingerprint density at radius 1 is 1.11 bits per heavy atom. The van der Waals surface area contributed by atoms with Crippen LogP contribution >= 0.6 is 11.3 Å². The molecule has 0 radical (unpaired) electrons. The summed E-state index contributed by atoms with van der Waals surface area (Å²) >= 11 is 1.53. The maximum atomic E-state index is 12.6. The average Bonchev–Trinajstić information content (AvgIpc) is 3.07. The van der Waals surface area contributed by atoms with E-state index in [0.717, 1.165) is 57.4 Å². The first-order valence-electron chi connectivity index (χ1n) is 9.99. The summed E-state index contributed by atoms with van der Waals surface area (Å²) in [7, 11) is 0. The molecule has 0 unspecified atom stereocenters. The highest BCUT2D eigenvalue weighted by Gasteiger charge is 2.27. The van der Waals surface area contributed by atoms with E-state index in [1.54, 1.807) is 0 Å². The van der Waals surface area contributed by atoms with Crippen molar-refractivity contribution in [1.29, 1.82) is 0 Å². The molecule has 1 aliphatic carbocycles. The molecule has 1 fully saturated rings. The van der Waals surface area contributed by atoms with Crippen LogP contribution in [0.5, 0.6) is 0 Å². The van der Waals surface area contributed by atoms with Gasteiger partial charge < -0.3 is 20.9 Å². The number of thiophene rings is 1. The number of quaternary nitrogens is 1. The number of benzene rings is 1. The fourth-order valence-electron chi connectivity index (χ4n) is 4.21. The molecule has 4 rings (SSSR count). The topological polar surface area (TPSA) is 79.9 Å². The largest absolute Gasteiger partial charge is 0.365 e. The van der Waals surface area contributed by atoms with Gasteiger partial charge in [-0.05, 0) is 43.4 Å². The summed E-state index contributed by atoms with van der Waals surface area (Å²) in [6.45, 7) is 4.14.